The molecule has 0 unspecified atom stereocenters. The van der Waals surface area contributed by atoms with Gasteiger partial charge in [0.2, 0.25) is 0 Å². The quantitative estimate of drug-likeness (QED) is 0.159. The van der Waals surface area contributed by atoms with E-state index < -0.39 is 24.2 Å². The zero-order valence-electron chi connectivity index (χ0n) is 53.6. The van der Waals surface area contributed by atoms with Crippen LogP contribution in [0.1, 0.15) is 116 Å². The number of para-hydroxylation sites is 4. The molecular formula is C70H69N5O. The van der Waals surface area contributed by atoms with Crippen molar-refractivity contribution in [3.63, 3.8) is 0 Å². The summed E-state index contributed by atoms with van der Waals surface area (Å²) in [6, 6.07) is 42.9. The highest BCUT2D eigenvalue weighted by molar-refractivity contribution is 6.12. The highest BCUT2D eigenvalue weighted by Gasteiger charge is 2.31. The molecule has 0 spiro atoms. The third kappa shape index (κ3) is 8.58. The molecule has 3 aromatic heterocycles. The number of rotatable bonds is 7. The standard InChI is InChI=1S/C70H69N5O/c1-67(2,3)46-22-19-21-45(35-46)58-43-71-66(42-59(58)70(10,11)12)75-62-34-31-50(74-60-27-15-13-25-54(60)55-26-14-16-28-61(55)74)40-57(62)56-33-32-53(41-65(56)75)76-52-24-20-23-49(39-52)72-44-73(64-30-18-17-29-63(64)72)51-37-47(68(4,5)6)36-48(38-51)69(7,8)9/h13-43H,44H2,1-12H3/i13D,14D,15D,16D,25D,26D,27D,28D. The smallest absolute Gasteiger partial charge is 0.137 e. The van der Waals surface area contributed by atoms with Crippen molar-refractivity contribution in [1.29, 1.82) is 0 Å². The van der Waals surface area contributed by atoms with Crippen LogP contribution in [0.4, 0.5) is 22.7 Å². The van der Waals surface area contributed by atoms with Crippen molar-refractivity contribution in [2.75, 3.05) is 16.5 Å². The van der Waals surface area contributed by atoms with Gasteiger partial charge < -0.3 is 19.1 Å². The van der Waals surface area contributed by atoms with E-state index in [4.69, 9.17) is 17.9 Å². The van der Waals surface area contributed by atoms with Gasteiger partial charge >= 0.3 is 0 Å². The van der Waals surface area contributed by atoms with Gasteiger partial charge in [-0.25, -0.2) is 4.98 Å². The molecule has 380 valence electrons. The van der Waals surface area contributed by atoms with Crippen molar-refractivity contribution in [2.24, 2.45) is 0 Å². The number of ether oxygens (including phenoxy) is 1. The Balaban J connectivity index is 1.02. The third-order valence-electron chi connectivity index (χ3n) is 15.1. The average molecular weight is 1000 g/mol. The first kappa shape index (κ1) is 40.3. The lowest BCUT2D eigenvalue weighted by atomic mass is 9.80. The normalized spacial score (nSPS) is 14.9. The Kier molecular flexibility index (Phi) is 9.41. The van der Waals surface area contributed by atoms with E-state index in [1.165, 1.54) is 16.7 Å². The summed E-state index contributed by atoms with van der Waals surface area (Å²) in [6.45, 7) is 27.5. The summed E-state index contributed by atoms with van der Waals surface area (Å²) >= 11 is 0. The highest BCUT2D eigenvalue weighted by Crippen LogP contribution is 2.47. The third-order valence-corrected chi connectivity index (χ3v) is 15.1. The fourth-order valence-electron chi connectivity index (χ4n) is 10.8. The van der Waals surface area contributed by atoms with Crippen LogP contribution in [0.25, 0.3) is 66.2 Å². The number of fused-ring (bicyclic) bond motifs is 7. The number of anilines is 4. The molecule has 0 bridgehead atoms. The number of benzene rings is 8. The van der Waals surface area contributed by atoms with Gasteiger partial charge in [-0.2, -0.15) is 0 Å². The molecular weight excluding hydrogens is 927 g/mol. The van der Waals surface area contributed by atoms with E-state index in [0.29, 0.717) is 29.7 Å². The largest absolute Gasteiger partial charge is 0.457 e. The van der Waals surface area contributed by atoms with E-state index in [0.717, 1.165) is 61.2 Å². The van der Waals surface area contributed by atoms with Crippen LogP contribution < -0.4 is 14.5 Å². The molecule has 1 aliphatic rings. The molecule has 0 radical (unpaired) electrons. The lowest BCUT2D eigenvalue weighted by Gasteiger charge is -2.29. The molecule has 1 aliphatic heterocycles. The van der Waals surface area contributed by atoms with Gasteiger partial charge in [0.1, 0.15) is 24.0 Å². The first-order valence-electron chi connectivity index (χ1n) is 30.3. The van der Waals surface area contributed by atoms with Gasteiger partial charge in [0.15, 0.2) is 0 Å². The summed E-state index contributed by atoms with van der Waals surface area (Å²) in [4.78, 5) is 10.0. The molecule has 0 N–H and O–H groups in total. The van der Waals surface area contributed by atoms with Gasteiger partial charge in [-0.15, -0.1) is 0 Å². The van der Waals surface area contributed by atoms with Crippen molar-refractivity contribution in [3.8, 4) is 34.1 Å². The summed E-state index contributed by atoms with van der Waals surface area (Å²) in [6.07, 6.45) is 1.97. The molecule has 11 aromatic rings. The summed E-state index contributed by atoms with van der Waals surface area (Å²) in [5.74, 6) is 1.90. The fourth-order valence-corrected chi connectivity index (χ4v) is 10.8. The van der Waals surface area contributed by atoms with Crippen LogP contribution in [0.5, 0.6) is 11.5 Å². The van der Waals surface area contributed by atoms with Crippen LogP contribution in [0, 0.1) is 0 Å². The van der Waals surface area contributed by atoms with Gasteiger partial charge in [0.05, 0.1) is 44.4 Å². The summed E-state index contributed by atoms with van der Waals surface area (Å²) < 4.78 is 82.0. The number of hydrogen-bond donors (Lipinski definition) is 0. The number of pyridine rings is 1. The Bertz CT molecular complexity index is 4440. The molecule has 0 saturated carbocycles. The molecule has 4 heterocycles. The maximum absolute atomic E-state index is 9.25. The van der Waals surface area contributed by atoms with Crippen LogP contribution in [0.2, 0.25) is 0 Å². The topological polar surface area (TPSA) is 38.5 Å². The Morgan fingerprint density at radius 2 is 1.05 bits per heavy atom. The van der Waals surface area contributed by atoms with Crippen LogP contribution in [-0.2, 0) is 21.7 Å². The Labute approximate surface area is 460 Å². The molecule has 0 saturated heterocycles. The van der Waals surface area contributed by atoms with Crippen molar-refractivity contribution >= 4 is 66.4 Å². The van der Waals surface area contributed by atoms with Crippen molar-refractivity contribution in [3.05, 3.63) is 210 Å². The van der Waals surface area contributed by atoms with Crippen molar-refractivity contribution < 1.29 is 15.7 Å². The monoisotopic (exact) mass is 1000 g/mol. The number of nitrogens with zero attached hydrogens (tertiary/aromatic N) is 5. The Hall–Kier alpha value is -8.09. The zero-order valence-corrected chi connectivity index (χ0v) is 45.6. The molecule has 0 aliphatic carbocycles. The second-order valence-corrected chi connectivity index (χ2v) is 24.5. The predicted molar refractivity (Wildman–Crippen MR) is 322 cm³/mol. The Morgan fingerprint density at radius 3 is 1.70 bits per heavy atom. The van der Waals surface area contributed by atoms with Crippen LogP contribution in [-0.4, -0.2) is 20.8 Å². The molecule has 76 heavy (non-hydrogen) atoms. The second kappa shape index (κ2) is 17.8. The van der Waals surface area contributed by atoms with Gasteiger partial charge in [-0.3, -0.25) is 4.57 Å². The minimum absolute atomic E-state index is 0.0234. The minimum atomic E-state index is -0.488. The van der Waals surface area contributed by atoms with Gasteiger partial charge in [0, 0.05) is 62.5 Å². The number of hydrogen-bond acceptors (Lipinski definition) is 4. The summed E-state index contributed by atoms with van der Waals surface area (Å²) in [5, 5.41) is 1.65. The minimum Gasteiger partial charge on any atom is -0.457 e. The van der Waals surface area contributed by atoms with Crippen LogP contribution >= 0.6 is 0 Å². The molecule has 8 aromatic carbocycles. The number of aromatic nitrogens is 3. The summed E-state index contributed by atoms with van der Waals surface area (Å²) in [5.41, 5.74) is 13.0. The fraction of sp³-hybridized carbons (Fsp3) is 0.243. The second-order valence-electron chi connectivity index (χ2n) is 24.5. The summed E-state index contributed by atoms with van der Waals surface area (Å²) in [7, 11) is 0. The lowest BCUT2D eigenvalue weighted by Crippen LogP contribution is -2.25. The molecule has 6 nitrogen and oxygen atoms in total. The highest BCUT2D eigenvalue weighted by atomic mass is 16.5. The first-order chi connectivity index (χ1) is 39.5. The molecule has 6 heteroatoms. The predicted octanol–water partition coefficient (Wildman–Crippen LogP) is 19.2. The van der Waals surface area contributed by atoms with E-state index in [1.54, 1.807) is 4.57 Å². The van der Waals surface area contributed by atoms with E-state index in [1.807, 2.05) is 54.7 Å². The van der Waals surface area contributed by atoms with Crippen LogP contribution in [0.15, 0.2) is 188 Å². The maximum Gasteiger partial charge on any atom is 0.137 e. The van der Waals surface area contributed by atoms with E-state index in [-0.39, 0.29) is 67.6 Å². The average Bonchev–Trinajstić information content (AvgIpc) is 1.71. The molecule has 0 atom stereocenters. The SMILES string of the molecule is [2H]c1c([2H])c([2H])c2c(c1[2H])c1c([2H])c([2H])c([2H])c([2H])c1n2-c1ccc2c(c1)c1ccc(Oc3cccc(N4CN(c5cc(C(C)(C)C)cc(C(C)(C)C)c5)c5ccccc54)c3)cc1n2-c1cc(C(C)(C)C)c(-c2cccc(C(C)(C)C)c2)cn1. The van der Waals surface area contributed by atoms with Crippen LogP contribution in [0.3, 0.4) is 0 Å². The van der Waals surface area contributed by atoms with Gasteiger partial charge in [0.25, 0.3) is 0 Å². The van der Waals surface area contributed by atoms with Crippen molar-refractivity contribution in [2.45, 2.75) is 105 Å². The van der Waals surface area contributed by atoms with E-state index >= 15 is 0 Å². The van der Waals surface area contributed by atoms with E-state index in [9.17, 15) is 2.74 Å². The maximum atomic E-state index is 9.25. The van der Waals surface area contributed by atoms with E-state index in [2.05, 4.69) is 182 Å². The first-order valence-corrected chi connectivity index (χ1v) is 26.3. The molecule has 0 fully saturated rings. The molecule has 0 amide bonds. The Morgan fingerprint density at radius 1 is 0.434 bits per heavy atom. The van der Waals surface area contributed by atoms with Gasteiger partial charge in [-0.05, 0) is 134 Å². The molecule has 12 rings (SSSR count). The van der Waals surface area contributed by atoms with Gasteiger partial charge in [-0.1, -0.05) is 168 Å². The van der Waals surface area contributed by atoms with Crippen molar-refractivity contribution in [1.82, 2.24) is 14.1 Å². The lowest BCUT2D eigenvalue weighted by molar-refractivity contribution is 0.483. The zero-order chi connectivity index (χ0) is 60.0.